The molecule has 6 heteroatoms. The van der Waals surface area contributed by atoms with Crippen molar-refractivity contribution in [2.75, 3.05) is 0 Å². The minimum atomic E-state index is 0.285. The fourth-order valence-electron chi connectivity index (χ4n) is 2.89. The predicted octanol–water partition coefficient (Wildman–Crippen LogP) is 4.31. The monoisotopic (exact) mass is 371 g/mol. The zero-order chi connectivity index (χ0) is 19.2. The van der Waals surface area contributed by atoms with Crippen LogP contribution < -0.4 is 10.1 Å². The Kier molecular flexibility index (Phi) is 5.40. The van der Waals surface area contributed by atoms with Crippen molar-refractivity contribution in [2.45, 2.75) is 19.5 Å². The largest absolute Gasteiger partial charge is 0.423 e. The summed E-state index contributed by atoms with van der Waals surface area (Å²) in [5.41, 5.74) is 3.30. The maximum atomic E-state index is 5.86. The number of hydrogen-bond acceptors (Lipinski definition) is 5. The second kappa shape index (κ2) is 8.45. The molecule has 0 aliphatic rings. The molecule has 0 saturated heterocycles. The van der Waals surface area contributed by atoms with Crippen molar-refractivity contribution in [2.24, 2.45) is 0 Å². The Morgan fingerprint density at radius 2 is 1.57 bits per heavy atom. The van der Waals surface area contributed by atoms with E-state index >= 15 is 0 Å². The van der Waals surface area contributed by atoms with Crippen molar-refractivity contribution >= 4 is 0 Å². The van der Waals surface area contributed by atoms with Crippen molar-refractivity contribution in [3.63, 3.8) is 0 Å². The molecule has 28 heavy (non-hydrogen) atoms. The summed E-state index contributed by atoms with van der Waals surface area (Å²) in [5, 5.41) is 15.2. The standard InChI is InChI=1S/C22H21N5O/c1-17(19-8-4-2-5-9-19)23-16-18-12-14-21(15-13-18)28-22-24-25-26-27(22)20-10-6-3-7-11-20/h2-15,17,23H,16H2,1H3/t17-/m1/s1. The summed E-state index contributed by atoms with van der Waals surface area (Å²) < 4.78 is 7.43. The average molecular weight is 371 g/mol. The molecule has 0 spiro atoms. The second-order valence-electron chi connectivity index (χ2n) is 6.47. The first-order valence-corrected chi connectivity index (χ1v) is 9.18. The highest BCUT2D eigenvalue weighted by molar-refractivity contribution is 5.34. The molecule has 0 aliphatic carbocycles. The van der Waals surface area contributed by atoms with Crippen LogP contribution in [0.3, 0.4) is 0 Å². The number of ether oxygens (including phenoxy) is 1. The topological polar surface area (TPSA) is 64.9 Å². The number of para-hydroxylation sites is 1. The van der Waals surface area contributed by atoms with E-state index in [1.165, 1.54) is 11.1 Å². The van der Waals surface area contributed by atoms with Gasteiger partial charge in [-0.3, -0.25) is 0 Å². The summed E-state index contributed by atoms with van der Waals surface area (Å²) in [5.74, 6) is 0.687. The average Bonchev–Trinajstić information content (AvgIpc) is 3.22. The second-order valence-corrected chi connectivity index (χ2v) is 6.47. The lowest BCUT2D eigenvalue weighted by molar-refractivity contribution is 0.427. The molecule has 0 radical (unpaired) electrons. The van der Waals surface area contributed by atoms with Gasteiger partial charge in [-0.1, -0.05) is 65.8 Å². The highest BCUT2D eigenvalue weighted by Gasteiger charge is 2.10. The molecule has 0 aliphatic heterocycles. The first-order chi connectivity index (χ1) is 13.8. The molecule has 1 N–H and O–H groups in total. The number of tetrazole rings is 1. The van der Waals surface area contributed by atoms with Crippen LogP contribution in [0, 0.1) is 0 Å². The van der Waals surface area contributed by atoms with Gasteiger partial charge in [0.2, 0.25) is 0 Å². The van der Waals surface area contributed by atoms with Gasteiger partial charge in [0.15, 0.2) is 0 Å². The zero-order valence-corrected chi connectivity index (χ0v) is 15.6. The summed E-state index contributed by atoms with van der Waals surface area (Å²) >= 11 is 0. The van der Waals surface area contributed by atoms with Crippen molar-refractivity contribution in [1.82, 2.24) is 25.5 Å². The summed E-state index contributed by atoms with van der Waals surface area (Å²) in [6.07, 6.45) is 0. The quantitative estimate of drug-likeness (QED) is 0.524. The van der Waals surface area contributed by atoms with Crippen LogP contribution in [-0.2, 0) is 6.54 Å². The number of aromatic nitrogens is 4. The highest BCUT2D eigenvalue weighted by Crippen LogP contribution is 2.22. The SMILES string of the molecule is C[C@@H](NCc1ccc(Oc2nnnn2-c2ccccc2)cc1)c1ccccc1. The van der Waals surface area contributed by atoms with Crippen LogP contribution in [0.1, 0.15) is 24.1 Å². The number of benzene rings is 3. The normalized spacial score (nSPS) is 11.9. The summed E-state index contributed by atoms with van der Waals surface area (Å²) in [4.78, 5) is 0. The molecule has 3 aromatic carbocycles. The Labute approximate surface area is 163 Å². The van der Waals surface area contributed by atoms with E-state index in [0.717, 1.165) is 12.2 Å². The van der Waals surface area contributed by atoms with Crippen LogP contribution >= 0.6 is 0 Å². The van der Waals surface area contributed by atoms with E-state index in [2.05, 4.69) is 52.0 Å². The van der Waals surface area contributed by atoms with E-state index in [9.17, 15) is 0 Å². The first-order valence-electron chi connectivity index (χ1n) is 9.18. The van der Waals surface area contributed by atoms with Gasteiger partial charge in [-0.05, 0) is 52.7 Å². The Bertz CT molecular complexity index is 1000. The van der Waals surface area contributed by atoms with Crippen LogP contribution in [0.5, 0.6) is 11.8 Å². The number of hydrogen-bond donors (Lipinski definition) is 1. The van der Waals surface area contributed by atoms with Gasteiger partial charge in [0.1, 0.15) is 5.75 Å². The molecule has 0 bridgehead atoms. The summed E-state index contributed by atoms with van der Waals surface area (Å²) in [7, 11) is 0. The van der Waals surface area contributed by atoms with E-state index in [0.29, 0.717) is 11.8 Å². The molecule has 0 fully saturated rings. The van der Waals surface area contributed by atoms with Gasteiger partial charge in [0.05, 0.1) is 5.69 Å². The lowest BCUT2D eigenvalue weighted by atomic mass is 10.1. The molecule has 0 saturated carbocycles. The minimum absolute atomic E-state index is 0.285. The third kappa shape index (κ3) is 4.24. The van der Waals surface area contributed by atoms with Crippen molar-refractivity contribution in [3.8, 4) is 17.4 Å². The Morgan fingerprint density at radius 1 is 0.893 bits per heavy atom. The van der Waals surface area contributed by atoms with Crippen LogP contribution in [0.25, 0.3) is 5.69 Å². The van der Waals surface area contributed by atoms with E-state index in [4.69, 9.17) is 4.74 Å². The number of nitrogens with one attached hydrogen (secondary N) is 1. The molecular weight excluding hydrogens is 350 g/mol. The zero-order valence-electron chi connectivity index (χ0n) is 15.6. The van der Waals surface area contributed by atoms with E-state index in [-0.39, 0.29) is 6.04 Å². The Balaban J connectivity index is 1.39. The van der Waals surface area contributed by atoms with E-state index in [1.54, 1.807) is 4.68 Å². The van der Waals surface area contributed by atoms with E-state index < -0.39 is 0 Å². The predicted molar refractivity (Wildman–Crippen MR) is 107 cm³/mol. The molecule has 6 nitrogen and oxygen atoms in total. The fraction of sp³-hybridized carbons (Fsp3) is 0.136. The van der Waals surface area contributed by atoms with Crippen LogP contribution in [0.15, 0.2) is 84.9 Å². The van der Waals surface area contributed by atoms with Gasteiger partial charge in [0.25, 0.3) is 0 Å². The van der Waals surface area contributed by atoms with Crippen molar-refractivity contribution in [3.05, 3.63) is 96.1 Å². The van der Waals surface area contributed by atoms with Crippen LogP contribution in [0.2, 0.25) is 0 Å². The van der Waals surface area contributed by atoms with Crippen LogP contribution in [-0.4, -0.2) is 20.2 Å². The lowest BCUT2D eigenvalue weighted by Crippen LogP contribution is -2.17. The van der Waals surface area contributed by atoms with Gasteiger partial charge in [-0.15, -0.1) is 0 Å². The van der Waals surface area contributed by atoms with Gasteiger partial charge in [-0.25, -0.2) is 0 Å². The number of rotatable bonds is 7. The summed E-state index contributed by atoms with van der Waals surface area (Å²) in [6, 6.07) is 28.6. The fourth-order valence-corrected chi connectivity index (χ4v) is 2.89. The molecule has 1 atom stereocenters. The highest BCUT2D eigenvalue weighted by atomic mass is 16.5. The Hall–Kier alpha value is -3.51. The smallest absolute Gasteiger partial charge is 0.345 e. The molecule has 1 heterocycles. The maximum absolute atomic E-state index is 5.86. The van der Waals surface area contributed by atoms with E-state index in [1.807, 2.05) is 60.7 Å². The lowest BCUT2D eigenvalue weighted by Gasteiger charge is -2.14. The summed E-state index contributed by atoms with van der Waals surface area (Å²) in [6.45, 7) is 2.94. The molecule has 1 aromatic heterocycles. The molecular formula is C22H21N5O. The molecule has 0 unspecified atom stereocenters. The molecule has 4 aromatic rings. The minimum Gasteiger partial charge on any atom is -0.423 e. The van der Waals surface area contributed by atoms with Crippen LogP contribution in [0.4, 0.5) is 0 Å². The van der Waals surface area contributed by atoms with Crippen molar-refractivity contribution < 1.29 is 4.74 Å². The third-order valence-corrected chi connectivity index (χ3v) is 4.49. The van der Waals surface area contributed by atoms with Crippen molar-refractivity contribution in [1.29, 1.82) is 0 Å². The van der Waals surface area contributed by atoms with Gasteiger partial charge >= 0.3 is 6.01 Å². The molecule has 140 valence electrons. The van der Waals surface area contributed by atoms with Gasteiger partial charge in [0, 0.05) is 12.6 Å². The Morgan fingerprint density at radius 3 is 2.29 bits per heavy atom. The maximum Gasteiger partial charge on any atom is 0.345 e. The van der Waals surface area contributed by atoms with Gasteiger partial charge < -0.3 is 10.1 Å². The first kappa shape index (κ1) is 17.9. The molecule has 4 rings (SSSR count). The van der Waals surface area contributed by atoms with Gasteiger partial charge in [-0.2, -0.15) is 4.68 Å². The number of nitrogens with zero attached hydrogens (tertiary/aromatic N) is 4. The molecule has 0 amide bonds. The third-order valence-electron chi connectivity index (χ3n) is 4.49.